The van der Waals surface area contributed by atoms with E-state index in [0.29, 0.717) is 22.6 Å². The van der Waals surface area contributed by atoms with Crippen LogP contribution in [0.4, 0.5) is 0 Å². The third-order valence-electron chi connectivity index (χ3n) is 4.21. The maximum absolute atomic E-state index is 12.6. The minimum atomic E-state index is -1.10. The van der Waals surface area contributed by atoms with E-state index >= 15 is 0 Å². The zero-order valence-corrected chi connectivity index (χ0v) is 12.3. The van der Waals surface area contributed by atoms with Gasteiger partial charge in [0, 0.05) is 10.9 Å². The van der Waals surface area contributed by atoms with E-state index in [1.165, 1.54) is 12.3 Å². The number of carbonyl (C=O) groups excluding carboxylic acids is 1. The fourth-order valence-electron chi connectivity index (χ4n) is 2.87. The van der Waals surface area contributed by atoms with E-state index in [-0.39, 0.29) is 5.78 Å². The van der Waals surface area contributed by atoms with Gasteiger partial charge in [0.2, 0.25) is 0 Å². The highest BCUT2D eigenvalue weighted by Crippen LogP contribution is 2.49. The van der Waals surface area contributed by atoms with Crippen molar-refractivity contribution in [2.75, 3.05) is 14.1 Å². The van der Waals surface area contributed by atoms with Gasteiger partial charge in [-0.1, -0.05) is 11.6 Å². The van der Waals surface area contributed by atoms with Gasteiger partial charge in [-0.05, 0) is 38.7 Å². The lowest BCUT2D eigenvalue weighted by atomic mass is 10.0. The number of benzene rings is 1. The molecular formula is C15H14ClNO4. The summed E-state index contributed by atoms with van der Waals surface area (Å²) in [6, 6.07) is 4.95. The Morgan fingerprint density at radius 3 is 2.71 bits per heavy atom. The molecule has 1 aliphatic rings. The van der Waals surface area contributed by atoms with Crippen LogP contribution in [-0.2, 0) is 4.79 Å². The third-order valence-corrected chi connectivity index (χ3v) is 4.49. The number of carboxylic acid groups (broad SMARTS) is 1. The highest BCUT2D eigenvalue weighted by Gasteiger charge is 2.65. The fraction of sp³-hybridized carbons (Fsp3) is 0.333. The Kier molecular flexibility index (Phi) is 3.07. The first-order valence-corrected chi connectivity index (χ1v) is 6.87. The average molecular weight is 308 g/mol. The molecule has 1 heterocycles. The van der Waals surface area contributed by atoms with E-state index < -0.39 is 17.4 Å². The first-order chi connectivity index (χ1) is 9.87. The number of carboxylic acids is 1. The van der Waals surface area contributed by atoms with Gasteiger partial charge in [0.25, 0.3) is 0 Å². The van der Waals surface area contributed by atoms with E-state index in [0.717, 1.165) is 5.39 Å². The number of ketones is 1. The van der Waals surface area contributed by atoms with Gasteiger partial charge in [0.1, 0.15) is 5.54 Å². The van der Waals surface area contributed by atoms with E-state index in [2.05, 4.69) is 0 Å². The number of aliphatic carboxylic acids is 1. The molecule has 2 aromatic rings. The van der Waals surface area contributed by atoms with Crippen LogP contribution in [0.5, 0.6) is 0 Å². The molecule has 6 heteroatoms. The highest BCUT2D eigenvalue weighted by atomic mass is 35.5. The van der Waals surface area contributed by atoms with Gasteiger partial charge in [-0.15, -0.1) is 0 Å². The van der Waals surface area contributed by atoms with Crippen LogP contribution in [0.25, 0.3) is 11.0 Å². The van der Waals surface area contributed by atoms with Gasteiger partial charge in [-0.2, -0.15) is 0 Å². The second kappa shape index (κ2) is 4.58. The van der Waals surface area contributed by atoms with E-state index in [9.17, 15) is 14.7 Å². The Balaban J connectivity index is 1.97. The second-order valence-corrected chi connectivity index (χ2v) is 5.95. The Bertz CT molecular complexity index is 751. The molecule has 21 heavy (non-hydrogen) atoms. The van der Waals surface area contributed by atoms with Gasteiger partial charge >= 0.3 is 5.97 Å². The quantitative estimate of drug-likeness (QED) is 0.879. The van der Waals surface area contributed by atoms with Gasteiger partial charge in [0.05, 0.1) is 17.2 Å². The van der Waals surface area contributed by atoms with Crippen molar-refractivity contribution in [2.45, 2.75) is 12.0 Å². The Labute approximate surface area is 126 Å². The summed E-state index contributed by atoms with van der Waals surface area (Å²) in [5, 5.41) is 10.5. The first kappa shape index (κ1) is 14.1. The minimum absolute atomic E-state index is 0.198. The third kappa shape index (κ3) is 1.96. The van der Waals surface area contributed by atoms with E-state index in [1.807, 2.05) is 0 Å². The summed E-state index contributed by atoms with van der Waals surface area (Å²) in [4.78, 5) is 25.6. The van der Waals surface area contributed by atoms with Crippen molar-refractivity contribution in [3.05, 3.63) is 35.0 Å². The molecule has 1 aromatic heterocycles. The summed E-state index contributed by atoms with van der Waals surface area (Å²) in [6.07, 6.45) is 1.82. The molecule has 1 fully saturated rings. The largest absolute Gasteiger partial charge is 0.480 e. The van der Waals surface area contributed by atoms with Crippen molar-refractivity contribution in [3.63, 3.8) is 0 Å². The maximum Gasteiger partial charge on any atom is 0.324 e. The molecule has 1 aliphatic carbocycles. The number of likely N-dealkylation sites (N-methyl/N-ethyl adjacent to an activating group) is 1. The Hall–Kier alpha value is -1.85. The normalized spacial score (nSPS) is 24.5. The van der Waals surface area contributed by atoms with Crippen LogP contribution in [0, 0.1) is 5.92 Å². The molecule has 0 spiro atoms. The predicted octanol–water partition coefficient (Wildman–Crippen LogP) is 2.67. The van der Waals surface area contributed by atoms with Gasteiger partial charge in [0.15, 0.2) is 11.4 Å². The average Bonchev–Trinajstić information content (AvgIpc) is 3.02. The zero-order valence-electron chi connectivity index (χ0n) is 11.6. The molecule has 1 aromatic carbocycles. The number of nitrogens with zero attached hydrogens (tertiary/aromatic N) is 1. The number of carbonyl (C=O) groups is 2. The van der Waals surface area contributed by atoms with Crippen LogP contribution in [0.2, 0.25) is 5.02 Å². The Morgan fingerprint density at radius 1 is 1.43 bits per heavy atom. The SMILES string of the molecule is CN(C)C1(C(=O)O)CC1C(=O)c1cc(Cl)c2occc2c1. The second-order valence-electron chi connectivity index (χ2n) is 5.54. The van der Waals surface area contributed by atoms with Gasteiger partial charge in [-0.3, -0.25) is 14.5 Å². The van der Waals surface area contributed by atoms with Crippen molar-refractivity contribution >= 4 is 34.3 Å². The number of furan rings is 1. The molecular weight excluding hydrogens is 294 g/mol. The molecule has 5 nitrogen and oxygen atoms in total. The Morgan fingerprint density at radius 2 is 2.14 bits per heavy atom. The highest BCUT2D eigenvalue weighted by molar-refractivity contribution is 6.35. The number of halogens is 1. The molecule has 3 rings (SSSR count). The van der Waals surface area contributed by atoms with Crippen LogP contribution >= 0.6 is 11.6 Å². The molecule has 1 saturated carbocycles. The van der Waals surface area contributed by atoms with E-state index in [1.54, 1.807) is 31.1 Å². The summed E-state index contributed by atoms with van der Waals surface area (Å²) in [6.45, 7) is 0. The molecule has 2 unspecified atom stereocenters. The predicted molar refractivity (Wildman–Crippen MR) is 77.7 cm³/mol. The monoisotopic (exact) mass is 307 g/mol. The molecule has 2 atom stereocenters. The molecule has 110 valence electrons. The summed E-state index contributed by atoms with van der Waals surface area (Å²) in [5.41, 5.74) is -0.153. The molecule has 0 radical (unpaired) electrons. The standard InChI is InChI=1S/C15H14ClNO4/c1-17(2)15(14(19)20)7-10(15)12(18)9-5-8-3-4-21-13(8)11(16)6-9/h3-6,10H,7H2,1-2H3,(H,19,20). The zero-order chi connectivity index (χ0) is 15.4. The molecule has 0 saturated heterocycles. The molecule has 0 aliphatic heterocycles. The van der Waals surface area contributed by atoms with Crippen LogP contribution in [0.1, 0.15) is 16.8 Å². The lowest BCUT2D eigenvalue weighted by molar-refractivity contribution is -0.144. The van der Waals surface area contributed by atoms with E-state index in [4.69, 9.17) is 16.0 Å². The number of Topliss-reactive ketones (excluding diaryl/α,β-unsaturated/α-hetero) is 1. The number of hydrogen-bond acceptors (Lipinski definition) is 4. The van der Waals surface area contributed by atoms with Crippen molar-refractivity contribution in [2.24, 2.45) is 5.92 Å². The van der Waals surface area contributed by atoms with Crippen molar-refractivity contribution in [3.8, 4) is 0 Å². The van der Waals surface area contributed by atoms with Crippen molar-refractivity contribution in [1.29, 1.82) is 0 Å². The van der Waals surface area contributed by atoms with Gasteiger partial charge in [-0.25, -0.2) is 0 Å². The molecule has 0 bridgehead atoms. The number of rotatable bonds is 4. The topological polar surface area (TPSA) is 70.8 Å². The lowest BCUT2D eigenvalue weighted by Crippen LogP contribution is -2.41. The summed E-state index contributed by atoms with van der Waals surface area (Å²) >= 11 is 6.10. The smallest absolute Gasteiger partial charge is 0.324 e. The summed E-state index contributed by atoms with van der Waals surface area (Å²) < 4.78 is 5.23. The molecule has 1 N–H and O–H groups in total. The van der Waals surface area contributed by atoms with Crippen molar-refractivity contribution in [1.82, 2.24) is 4.90 Å². The summed E-state index contributed by atoms with van der Waals surface area (Å²) in [5.74, 6) is -1.72. The summed E-state index contributed by atoms with van der Waals surface area (Å²) in [7, 11) is 3.35. The minimum Gasteiger partial charge on any atom is -0.480 e. The number of hydrogen-bond donors (Lipinski definition) is 1. The maximum atomic E-state index is 12.6. The lowest BCUT2D eigenvalue weighted by Gasteiger charge is -2.20. The number of fused-ring (bicyclic) bond motifs is 1. The molecule has 0 amide bonds. The van der Waals surface area contributed by atoms with Gasteiger partial charge < -0.3 is 9.52 Å². The fourth-order valence-corrected chi connectivity index (χ4v) is 3.14. The van der Waals surface area contributed by atoms with Crippen LogP contribution < -0.4 is 0 Å². The first-order valence-electron chi connectivity index (χ1n) is 6.49. The van der Waals surface area contributed by atoms with Crippen molar-refractivity contribution < 1.29 is 19.1 Å². The van der Waals surface area contributed by atoms with Crippen LogP contribution in [0.3, 0.4) is 0 Å². The van der Waals surface area contributed by atoms with Crippen LogP contribution in [-0.4, -0.2) is 41.4 Å². The van der Waals surface area contributed by atoms with Crippen LogP contribution in [0.15, 0.2) is 28.9 Å².